The van der Waals surface area contributed by atoms with Gasteiger partial charge in [-0.05, 0) is 0 Å². The van der Waals surface area contributed by atoms with E-state index in [0.29, 0.717) is 0 Å². The van der Waals surface area contributed by atoms with Crippen LogP contribution in [0.1, 0.15) is 4.28 Å². The second-order valence-corrected chi connectivity index (χ2v) is 0.357. The number of hydrogen-bond acceptors (Lipinski definition) is 3. The number of carbonyl (C=O) groups is 1. The van der Waals surface area contributed by atoms with Gasteiger partial charge >= 0.3 is 29.2 Å². The van der Waals surface area contributed by atoms with Gasteiger partial charge in [-0.15, -0.1) is 0 Å². The van der Waals surface area contributed by atoms with Gasteiger partial charge in [-0.1, -0.05) is 0 Å². The molecular weight excluding hydrogens is 127 g/mol. The van der Waals surface area contributed by atoms with Crippen molar-refractivity contribution in [3.8, 4) is 0 Å². The largest absolute Gasteiger partial charge is 2.00 e. The Balaban J connectivity index is -0.00000000800. The summed E-state index contributed by atoms with van der Waals surface area (Å²) < 4.78 is 0. The van der Waals surface area contributed by atoms with Gasteiger partial charge in [-0.3, -0.25) is 4.89 Å². The first kappa shape index (κ1) is 15.6. The molecule has 0 amide bonds. The summed E-state index contributed by atoms with van der Waals surface area (Å²) in [5, 5.41) is 14.3. The average Bonchev–Trinajstić information content (AvgIpc) is 1.38. The van der Waals surface area contributed by atoms with Gasteiger partial charge in [0, 0.05) is 1.43 Å². The summed E-state index contributed by atoms with van der Waals surface area (Å²) >= 11 is 0. The zero-order valence-electron chi connectivity index (χ0n) is 4.92. The maximum atomic E-state index is 8.90. The van der Waals surface area contributed by atoms with E-state index in [9.17, 15) is 0 Å². The molecule has 0 bridgehead atoms. The van der Waals surface area contributed by atoms with Crippen molar-refractivity contribution in [2.24, 2.45) is 0 Å². The Bertz CT molecular complexity index is 55.8. The fourth-order valence-corrected chi connectivity index (χ4v) is 0. The molecule has 0 aliphatic carbocycles. The van der Waals surface area contributed by atoms with Gasteiger partial charge in [0.2, 0.25) is 0 Å². The molecule has 0 atom stereocenters. The van der Waals surface area contributed by atoms with Crippen molar-refractivity contribution in [3.05, 3.63) is 0 Å². The second-order valence-electron chi connectivity index (χ2n) is 0.357. The Labute approximate surface area is 71.1 Å². The first-order valence-corrected chi connectivity index (χ1v) is 0.814. The standard InChI is InChI=1S/CH2O4.Al.Mg.H2.5H/c2-1(3)5-4;;;;;;;;/h4H,(H,2,3);;;1H;;;;;/q;;+2;;;;;2*-1. The van der Waals surface area contributed by atoms with Crippen LogP contribution in [0.2, 0.25) is 0 Å². The van der Waals surface area contributed by atoms with Crippen LogP contribution in [0, 0.1) is 0 Å². The summed E-state index contributed by atoms with van der Waals surface area (Å²) in [5.41, 5.74) is 0. The minimum absolute atomic E-state index is 0. The van der Waals surface area contributed by atoms with Crippen LogP contribution < -0.4 is 0 Å². The Morgan fingerprint density at radius 3 is 2.00 bits per heavy atom. The molecule has 0 spiro atoms. The van der Waals surface area contributed by atoms with Crippen LogP contribution in [-0.4, -0.2) is 56.9 Å². The molecule has 0 heterocycles. The molecule has 0 aliphatic rings. The number of carboxylic acid groups (broad SMARTS) is 1. The van der Waals surface area contributed by atoms with E-state index in [4.69, 9.17) is 15.2 Å². The van der Waals surface area contributed by atoms with Crippen LogP contribution in [0.25, 0.3) is 0 Å². The SMILES string of the molecule is O=C(O)OO.[AlH3].[H-].[H-].[HH].[Mg+2]. The van der Waals surface area contributed by atoms with Crippen molar-refractivity contribution in [1.82, 2.24) is 0 Å². The van der Waals surface area contributed by atoms with E-state index in [1.807, 2.05) is 0 Å². The van der Waals surface area contributed by atoms with E-state index in [-0.39, 0.29) is 44.7 Å². The Kier molecular flexibility index (Phi) is 21.7. The summed E-state index contributed by atoms with van der Waals surface area (Å²) in [6.45, 7) is 0. The molecule has 0 fully saturated rings. The maximum Gasteiger partial charge on any atom is 2.00 e. The van der Waals surface area contributed by atoms with E-state index in [1.54, 1.807) is 0 Å². The molecule has 0 radical (unpaired) electrons. The van der Waals surface area contributed by atoms with Crippen LogP contribution in [0.15, 0.2) is 0 Å². The van der Waals surface area contributed by atoms with E-state index in [1.165, 1.54) is 0 Å². The Morgan fingerprint density at radius 2 is 2.00 bits per heavy atom. The van der Waals surface area contributed by atoms with E-state index in [2.05, 4.69) is 4.89 Å². The molecule has 0 saturated carbocycles. The fourth-order valence-electron chi connectivity index (χ4n) is 0. The van der Waals surface area contributed by atoms with Gasteiger partial charge in [0.1, 0.15) is 0 Å². The second kappa shape index (κ2) is 9.73. The Morgan fingerprint density at radius 1 is 1.86 bits per heavy atom. The maximum absolute atomic E-state index is 8.90. The molecular formula is CH9AlMgO4. The van der Waals surface area contributed by atoms with Crippen molar-refractivity contribution in [2.45, 2.75) is 0 Å². The third-order valence-corrected chi connectivity index (χ3v) is 0.0781. The molecule has 0 aliphatic heterocycles. The van der Waals surface area contributed by atoms with E-state index < -0.39 is 6.16 Å². The van der Waals surface area contributed by atoms with Gasteiger partial charge in [0.05, 0.1) is 0 Å². The first-order valence-electron chi connectivity index (χ1n) is 0.814. The van der Waals surface area contributed by atoms with Gasteiger partial charge in [0.15, 0.2) is 17.4 Å². The summed E-state index contributed by atoms with van der Waals surface area (Å²) in [4.78, 5) is 11.6. The molecule has 0 rings (SSSR count). The van der Waals surface area contributed by atoms with Crippen molar-refractivity contribution in [2.75, 3.05) is 0 Å². The number of hydrogen-bond donors (Lipinski definition) is 2. The summed E-state index contributed by atoms with van der Waals surface area (Å²) in [7, 11) is 0. The normalized spacial score (nSPS) is 4.71. The predicted octanol–water partition coefficient (Wildman–Crippen LogP) is -0.940. The molecule has 7 heavy (non-hydrogen) atoms. The van der Waals surface area contributed by atoms with E-state index >= 15 is 0 Å². The van der Waals surface area contributed by atoms with Gasteiger partial charge in [-0.25, -0.2) is 4.79 Å². The third-order valence-electron chi connectivity index (χ3n) is 0.0781. The minimum atomic E-state index is -1.69. The minimum Gasteiger partial charge on any atom is -1.00 e. The van der Waals surface area contributed by atoms with Crippen LogP contribution >= 0.6 is 0 Å². The van der Waals surface area contributed by atoms with E-state index in [0.717, 1.165) is 0 Å². The van der Waals surface area contributed by atoms with Crippen molar-refractivity contribution >= 4 is 46.6 Å². The summed E-state index contributed by atoms with van der Waals surface area (Å²) in [6, 6.07) is 0. The third kappa shape index (κ3) is 20.9. The molecule has 4 nitrogen and oxygen atoms in total. The van der Waals surface area contributed by atoms with Crippen molar-refractivity contribution in [1.29, 1.82) is 0 Å². The summed E-state index contributed by atoms with van der Waals surface area (Å²) in [5.74, 6) is 0. The average molecular weight is 136 g/mol. The van der Waals surface area contributed by atoms with Crippen molar-refractivity contribution in [3.63, 3.8) is 0 Å². The molecule has 0 unspecified atom stereocenters. The van der Waals surface area contributed by atoms with Crippen LogP contribution in [0.4, 0.5) is 4.79 Å². The zero-order valence-corrected chi connectivity index (χ0v) is 4.33. The van der Waals surface area contributed by atoms with Gasteiger partial charge < -0.3 is 7.96 Å². The Hall–Kier alpha value is 0.529. The quantitative estimate of drug-likeness (QED) is 0.256. The van der Waals surface area contributed by atoms with Crippen molar-refractivity contribution < 1.29 is 24.3 Å². The monoisotopic (exact) mass is 136 g/mol. The predicted molar refractivity (Wildman–Crippen MR) is 31.8 cm³/mol. The molecule has 0 aromatic carbocycles. The molecule has 0 aromatic heterocycles. The molecule has 42 valence electrons. The number of rotatable bonds is 0. The van der Waals surface area contributed by atoms with Crippen LogP contribution in [0.3, 0.4) is 0 Å². The fraction of sp³-hybridized carbons (Fsp3) is 0. The summed E-state index contributed by atoms with van der Waals surface area (Å²) in [6.07, 6.45) is -1.69. The molecule has 2 N–H and O–H groups in total. The zero-order chi connectivity index (χ0) is 4.28. The van der Waals surface area contributed by atoms with Crippen LogP contribution in [0.5, 0.6) is 0 Å². The topological polar surface area (TPSA) is 66.8 Å². The first-order chi connectivity index (χ1) is 2.27. The van der Waals surface area contributed by atoms with Crippen LogP contribution in [-0.2, 0) is 4.89 Å². The van der Waals surface area contributed by atoms with Gasteiger partial charge in [0.25, 0.3) is 0 Å². The molecule has 0 saturated heterocycles. The molecule has 6 heteroatoms. The smallest absolute Gasteiger partial charge is 1.00 e. The van der Waals surface area contributed by atoms with Gasteiger partial charge in [-0.2, -0.15) is 5.26 Å². The molecule has 0 aromatic rings.